The largest absolute Gasteiger partial charge is 0.497 e. The first kappa shape index (κ1) is 22.3. The lowest BCUT2D eigenvalue weighted by molar-refractivity contribution is 0.125. The molecule has 0 saturated heterocycles. The Kier molecular flexibility index (Phi) is 8.42. The fourth-order valence-corrected chi connectivity index (χ4v) is 2.85. The highest BCUT2D eigenvalue weighted by atomic mass is 16.5. The fraction of sp³-hybridized carbons (Fsp3) is 0.348. The van der Waals surface area contributed by atoms with Crippen molar-refractivity contribution in [3.05, 3.63) is 77.4 Å². The second kappa shape index (κ2) is 11.7. The van der Waals surface area contributed by atoms with E-state index < -0.39 is 0 Å². The number of rotatable bonds is 10. The molecule has 0 spiro atoms. The average molecular weight is 423 g/mol. The molecule has 0 unspecified atom stereocenters. The molecule has 31 heavy (non-hydrogen) atoms. The van der Waals surface area contributed by atoms with Crippen molar-refractivity contribution >= 4 is 5.96 Å². The number of aliphatic imine (C=N–C) groups is 1. The molecule has 0 saturated carbocycles. The van der Waals surface area contributed by atoms with Crippen molar-refractivity contribution in [2.45, 2.75) is 26.6 Å². The van der Waals surface area contributed by atoms with Crippen molar-refractivity contribution in [3.63, 3.8) is 0 Å². The van der Waals surface area contributed by atoms with Crippen LogP contribution >= 0.6 is 0 Å². The van der Waals surface area contributed by atoms with Crippen LogP contribution in [-0.2, 0) is 31.5 Å². The summed E-state index contributed by atoms with van der Waals surface area (Å²) in [6.07, 6.45) is 0. The van der Waals surface area contributed by atoms with E-state index in [1.54, 1.807) is 7.11 Å². The van der Waals surface area contributed by atoms with Crippen LogP contribution in [0.4, 0.5) is 0 Å². The van der Waals surface area contributed by atoms with Crippen LogP contribution < -0.4 is 15.4 Å². The lowest BCUT2D eigenvalue weighted by Gasteiger charge is -2.13. The van der Waals surface area contributed by atoms with Crippen LogP contribution in [0.15, 0.2) is 59.6 Å². The maximum Gasteiger partial charge on any atom is 0.192 e. The standard InChI is InChI=1S/C23H30N6O2/c1-18-27-28-22(29(18)2)16-26-23(25-15-19-9-11-21(30-3)12-10-19)24-13-14-31-17-20-7-5-4-6-8-20/h4-12H,13-17H2,1-3H3,(H2,24,25,26). The lowest BCUT2D eigenvalue weighted by atomic mass is 10.2. The van der Waals surface area contributed by atoms with Gasteiger partial charge in [0.2, 0.25) is 0 Å². The summed E-state index contributed by atoms with van der Waals surface area (Å²) in [6, 6.07) is 18.0. The zero-order chi connectivity index (χ0) is 21.9. The molecule has 0 bridgehead atoms. The van der Waals surface area contributed by atoms with Crippen molar-refractivity contribution in [3.8, 4) is 5.75 Å². The molecule has 0 radical (unpaired) electrons. The molecule has 1 aromatic heterocycles. The minimum atomic E-state index is 0.524. The van der Waals surface area contributed by atoms with Gasteiger partial charge in [-0.05, 0) is 30.2 Å². The number of ether oxygens (including phenoxy) is 2. The van der Waals surface area contributed by atoms with Crippen LogP contribution in [0.25, 0.3) is 0 Å². The molecule has 1 heterocycles. The minimum Gasteiger partial charge on any atom is -0.497 e. The zero-order valence-corrected chi connectivity index (χ0v) is 18.3. The normalized spacial score (nSPS) is 11.4. The van der Waals surface area contributed by atoms with E-state index in [4.69, 9.17) is 14.5 Å². The number of methoxy groups -OCH3 is 1. The number of aromatic nitrogens is 3. The lowest BCUT2D eigenvalue weighted by Crippen LogP contribution is -2.39. The highest BCUT2D eigenvalue weighted by molar-refractivity contribution is 5.79. The summed E-state index contributed by atoms with van der Waals surface area (Å²) in [5, 5.41) is 15.0. The molecular weight excluding hydrogens is 392 g/mol. The smallest absolute Gasteiger partial charge is 0.192 e. The van der Waals surface area contributed by atoms with Gasteiger partial charge in [-0.15, -0.1) is 10.2 Å². The summed E-state index contributed by atoms with van der Waals surface area (Å²) in [4.78, 5) is 4.70. The molecule has 0 aliphatic rings. The van der Waals surface area contributed by atoms with Gasteiger partial charge < -0.3 is 24.7 Å². The van der Waals surface area contributed by atoms with Crippen LogP contribution in [0.5, 0.6) is 5.75 Å². The van der Waals surface area contributed by atoms with Crippen LogP contribution in [0.3, 0.4) is 0 Å². The highest BCUT2D eigenvalue weighted by Crippen LogP contribution is 2.11. The van der Waals surface area contributed by atoms with Crippen molar-refractivity contribution in [1.82, 2.24) is 25.4 Å². The molecule has 2 aromatic carbocycles. The average Bonchev–Trinajstić information content (AvgIpc) is 3.13. The Balaban J connectivity index is 1.53. The van der Waals surface area contributed by atoms with Gasteiger partial charge in [0.15, 0.2) is 11.8 Å². The molecule has 3 rings (SSSR count). The van der Waals surface area contributed by atoms with Gasteiger partial charge in [0, 0.05) is 13.6 Å². The second-order valence-corrected chi connectivity index (χ2v) is 7.05. The topological polar surface area (TPSA) is 85.6 Å². The highest BCUT2D eigenvalue weighted by Gasteiger charge is 2.06. The van der Waals surface area contributed by atoms with Gasteiger partial charge in [-0.3, -0.25) is 0 Å². The van der Waals surface area contributed by atoms with Gasteiger partial charge in [0.05, 0.1) is 33.4 Å². The Morgan fingerprint density at radius 2 is 1.77 bits per heavy atom. The Hall–Kier alpha value is -3.39. The molecule has 8 heteroatoms. The van der Waals surface area contributed by atoms with Crippen LogP contribution in [0, 0.1) is 6.92 Å². The van der Waals surface area contributed by atoms with E-state index in [0.29, 0.717) is 38.8 Å². The third-order valence-electron chi connectivity index (χ3n) is 4.83. The van der Waals surface area contributed by atoms with Gasteiger partial charge in [-0.1, -0.05) is 42.5 Å². The SMILES string of the molecule is COc1ccc(CN=C(NCCOCc2ccccc2)NCc2nnc(C)n2C)cc1. The van der Waals surface area contributed by atoms with Crippen LogP contribution in [0.2, 0.25) is 0 Å². The number of hydrogen-bond donors (Lipinski definition) is 2. The summed E-state index contributed by atoms with van der Waals surface area (Å²) in [5.74, 6) is 3.24. The first-order valence-electron chi connectivity index (χ1n) is 10.3. The van der Waals surface area contributed by atoms with E-state index >= 15 is 0 Å². The first-order valence-corrected chi connectivity index (χ1v) is 10.3. The van der Waals surface area contributed by atoms with E-state index in [1.807, 2.05) is 61.0 Å². The molecule has 0 fully saturated rings. The quantitative estimate of drug-likeness (QED) is 0.297. The Bertz CT molecular complexity index is 954. The van der Waals surface area contributed by atoms with E-state index in [0.717, 1.165) is 28.5 Å². The second-order valence-electron chi connectivity index (χ2n) is 7.05. The zero-order valence-electron chi connectivity index (χ0n) is 18.3. The molecule has 2 N–H and O–H groups in total. The third kappa shape index (κ3) is 7.11. The van der Waals surface area contributed by atoms with Gasteiger partial charge in [0.25, 0.3) is 0 Å². The first-order chi connectivity index (χ1) is 15.2. The summed E-state index contributed by atoms with van der Waals surface area (Å²) in [6.45, 7) is 4.79. The summed E-state index contributed by atoms with van der Waals surface area (Å²) in [5.41, 5.74) is 2.25. The predicted molar refractivity (Wildman–Crippen MR) is 121 cm³/mol. The molecule has 0 atom stereocenters. The monoisotopic (exact) mass is 422 g/mol. The number of nitrogens with zero attached hydrogens (tertiary/aromatic N) is 4. The molecule has 0 aliphatic carbocycles. The van der Waals surface area contributed by atoms with Crippen LogP contribution in [-0.4, -0.2) is 41.0 Å². The molecular formula is C23H30N6O2. The molecule has 8 nitrogen and oxygen atoms in total. The Labute approximate surface area is 183 Å². The molecule has 0 amide bonds. The van der Waals surface area contributed by atoms with E-state index in [9.17, 15) is 0 Å². The van der Waals surface area contributed by atoms with Crippen molar-refractivity contribution in [1.29, 1.82) is 0 Å². The van der Waals surface area contributed by atoms with Crippen molar-refractivity contribution in [2.24, 2.45) is 12.0 Å². The third-order valence-corrected chi connectivity index (χ3v) is 4.83. The Morgan fingerprint density at radius 3 is 2.45 bits per heavy atom. The number of guanidine groups is 1. The summed E-state index contributed by atoms with van der Waals surface area (Å²) in [7, 11) is 3.61. The fourth-order valence-electron chi connectivity index (χ4n) is 2.85. The van der Waals surface area contributed by atoms with Crippen molar-refractivity contribution in [2.75, 3.05) is 20.3 Å². The van der Waals surface area contributed by atoms with E-state index in [1.165, 1.54) is 0 Å². The summed E-state index contributed by atoms with van der Waals surface area (Å²) >= 11 is 0. The van der Waals surface area contributed by atoms with Gasteiger partial charge in [0.1, 0.15) is 11.6 Å². The Morgan fingerprint density at radius 1 is 1.00 bits per heavy atom. The number of hydrogen-bond acceptors (Lipinski definition) is 5. The molecule has 3 aromatic rings. The maximum atomic E-state index is 5.76. The van der Waals surface area contributed by atoms with E-state index in [-0.39, 0.29) is 0 Å². The maximum absolute atomic E-state index is 5.76. The number of aryl methyl sites for hydroxylation is 1. The number of nitrogens with one attached hydrogen (secondary N) is 2. The minimum absolute atomic E-state index is 0.524. The van der Waals surface area contributed by atoms with E-state index in [2.05, 4.69) is 33.0 Å². The number of benzene rings is 2. The van der Waals surface area contributed by atoms with Crippen LogP contribution in [0.1, 0.15) is 22.8 Å². The predicted octanol–water partition coefficient (Wildman–Crippen LogP) is 2.58. The van der Waals surface area contributed by atoms with Gasteiger partial charge in [-0.2, -0.15) is 0 Å². The van der Waals surface area contributed by atoms with Crippen molar-refractivity contribution < 1.29 is 9.47 Å². The van der Waals surface area contributed by atoms with Gasteiger partial charge in [-0.25, -0.2) is 4.99 Å². The van der Waals surface area contributed by atoms with Gasteiger partial charge >= 0.3 is 0 Å². The molecule has 164 valence electrons. The molecule has 0 aliphatic heterocycles. The summed E-state index contributed by atoms with van der Waals surface area (Å²) < 4.78 is 12.9.